The summed E-state index contributed by atoms with van der Waals surface area (Å²) in [5.74, 6) is -0.175. The molecule has 5 nitrogen and oxygen atoms in total. The molecule has 0 unspecified atom stereocenters. The second-order valence-corrected chi connectivity index (χ2v) is 7.62. The van der Waals surface area contributed by atoms with Gasteiger partial charge in [-0.05, 0) is 62.9 Å². The Morgan fingerprint density at radius 3 is 2.69 bits per heavy atom. The Hall–Kier alpha value is -2.86. The van der Waals surface area contributed by atoms with Crippen molar-refractivity contribution in [2.75, 3.05) is 5.32 Å². The molecule has 0 radical (unpaired) electrons. The summed E-state index contributed by atoms with van der Waals surface area (Å²) in [7, 11) is 0. The van der Waals surface area contributed by atoms with Crippen molar-refractivity contribution in [3.05, 3.63) is 63.0 Å². The Bertz CT molecular complexity index is 1150. The Balaban J connectivity index is 1.90. The van der Waals surface area contributed by atoms with Crippen LogP contribution in [0.1, 0.15) is 43.0 Å². The van der Waals surface area contributed by atoms with Crippen molar-refractivity contribution in [1.82, 2.24) is 4.98 Å². The molecule has 0 aliphatic heterocycles. The van der Waals surface area contributed by atoms with E-state index in [0.717, 1.165) is 25.7 Å². The van der Waals surface area contributed by atoms with Gasteiger partial charge < -0.3 is 15.0 Å². The summed E-state index contributed by atoms with van der Waals surface area (Å²) in [5, 5.41) is 3.39. The van der Waals surface area contributed by atoms with E-state index in [9.17, 15) is 14.0 Å². The van der Waals surface area contributed by atoms with Crippen LogP contribution in [0.4, 0.5) is 15.9 Å². The van der Waals surface area contributed by atoms with Crippen molar-refractivity contribution in [2.24, 2.45) is 0 Å². The molecule has 1 aliphatic rings. The number of ether oxygens (including phenoxy) is 1. The molecule has 0 atom stereocenters. The lowest BCUT2D eigenvalue weighted by Gasteiger charge is -2.18. The molecule has 7 heteroatoms. The van der Waals surface area contributed by atoms with Crippen LogP contribution < -0.4 is 15.5 Å². The maximum atomic E-state index is 13.6. The Kier molecular flexibility index (Phi) is 5.28. The van der Waals surface area contributed by atoms with Crippen molar-refractivity contribution >= 4 is 39.8 Å². The number of hydrogen-bond donors (Lipinski definition) is 2. The van der Waals surface area contributed by atoms with Gasteiger partial charge in [-0.15, -0.1) is 0 Å². The van der Waals surface area contributed by atoms with Crippen LogP contribution in [0, 0.1) is 5.82 Å². The van der Waals surface area contributed by atoms with Crippen molar-refractivity contribution in [1.29, 1.82) is 0 Å². The number of rotatable bonds is 5. The van der Waals surface area contributed by atoms with Crippen LogP contribution in [0.3, 0.4) is 0 Å². The summed E-state index contributed by atoms with van der Waals surface area (Å²) in [6.07, 6.45) is 4.19. The highest BCUT2D eigenvalue weighted by Crippen LogP contribution is 2.33. The Morgan fingerprint density at radius 1 is 1.24 bits per heavy atom. The number of anilines is 2. The number of aromatic nitrogens is 1. The molecule has 0 bridgehead atoms. The molecule has 2 N–H and O–H groups in total. The van der Waals surface area contributed by atoms with E-state index in [2.05, 4.69) is 10.3 Å². The number of aromatic amines is 1. The second kappa shape index (κ2) is 7.87. The third-order valence-electron chi connectivity index (χ3n) is 5.11. The molecule has 3 aromatic rings. The summed E-state index contributed by atoms with van der Waals surface area (Å²) in [4.78, 5) is 28.5. The summed E-state index contributed by atoms with van der Waals surface area (Å²) in [5.41, 5.74) is 0.259. The number of halogens is 2. The van der Waals surface area contributed by atoms with Crippen LogP contribution in [-0.4, -0.2) is 16.9 Å². The maximum Gasteiger partial charge on any atom is 0.204 e. The number of ketones is 1. The third kappa shape index (κ3) is 3.85. The Morgan fingerprint density at radius 2 is 2.00 bits per heavy atom. The van der Waals surface area contributed by atoms with Gasteiger partial charge in [0.05, 0.1) is 22.0 Å². The SMILES string of the molecule is CC(=O)c1c(Nc2cccc(F)c2)[nH]c2c(OC3CCCC3)ccc(Cl)c2c1=O. The van der Waals surface area contributed by atoms with Gasteiger partial charge in [0.15, 0.2) is 5.78 Å². The van der Waals surface area contributed by atoms with Gasteiger partial charge in [-0.25, -0.2) is 4.39 Å². The highest BCUT2D eigenvalue weighted by atomic mass is 35.5. The predicted octanol–water partition coefficient (Wildman–Crippen LogP) is 5.59. The normalized spacial score (nSPS) is 14.3. The molecule has 0 saturated heterocycles. The number of carbonyl (C=O) groups is 1. The molecule has 2 aromatic carbocycles. The number of fused-ring (bicyclic) bond motifs is 1. The molecular weight excluding hydrogens is 395 g/mol. The fourth-order valence-corrected chi connectivity index (χ4v) is 4.00. The van der Waals surface area contributed by atoms with E-state index < -0.39 is 17.0 Å². The summed E-state index contributed by atoms with van der Waals surface area (Å²) < 4.78 is 19.7. The minimum Gasteiger partial charge on any atom is -0.488 e. The van der Waals surface area contributed by atoms with Gasteiger partial charge in [0, 0.05) is 5.69 Å². The number of benzene rings is 2. The van der Waals surface area contributed by atoms with Gasteiger partial charge in [-0.3, -0.25) is 9.59 Å². The summed E-state index contributed by atoms with van der Waals surface area (Å²) >= 11 is 6.30. The predicted molar refractivity (Wildman–Crippen MR) is 112 cm³/mol. The lowest BCUT2D eigenvalue weighted by atomic mass is 10.1. The van der Waals surface area contributed by atoms with Gasteiger partial charge in [0.1, 0.15) is 22.9 Å². The second-order valence-electron chi connectivity index (χ2n) is 7.22. The van der Waals surface area contributed by atoms with Gasteiger partial charge in [0.25, 0.3) is 0 Å². The molecule has 0 spiro atoms. The molecule has 1 aliphatic carbocycles. The zero-order chi connectivity index (χ0) is 20.5. The minimum absolute atomic E-state index is 0.0679. The molecule has 1 heterocycles. The monoisotopic (exact) mass is 414 g/mol. The Labute approximate surface area is 171 Å². The first-order valence-electron chi connectivity index (χ1n) is 9.52. The van der Waals surface area contributed by atoms with E-state index in [1.54, 1.807) is 18.2 Å². The quantitative estimate of drug-likeness (QED) is 0.534. The average Bonchev–Trinajstić information content (AvgIpc) is 3.16. The van der Waals surface area contributed by atoms with Crippen molar-refractivity contribution in [3.63, 3.8) is 0 Å². The molecule has 150 valence electrons. The molecule has 0 amide bonds. The van der Waals surface area contributed by atoms with E-state index in [4.69, 9.17) is 16.3 Å². The highest BCUT2D eigenvalue weighted by Gasteiger charge is 2.23. The number of Topliss-reactive ketones (excluding diaryl/α,β-unsaturated/α-hetero) is 1. The summed E-state index contributed by atoms with van der Waals surface area (Å²) in [6, 6.07) is 9.10. The van der Waals surface area contributed by atoms with E-state index in [-0.39, 0.29) is 27.9 Å². The summed E-state index contributed by atoms with van der Waals surface area (Å²) in [6.45, 7) is 1.31. The van der Waals surface area contributed by atoms with Gasteiger partial charge in [0.2, 0.25) is 5.43 Å². The van der Waals surface area contributed by atoms with E-state index in [1.807, 2.05) is 0 Å². The van der Waals surface area contributed by atoms with Crippen LogP contribution in [0.25, 0.3) is 10.9 Å². The molecule has 29 heavy (non-hydrogen) atoms. The molecular formula is C22H20ClFN2O3. The van der Waals surface area contributed by atoms with Gasteiger partial charge in [-0.1, -0.05) is 17.7 Å². The fraction of sp³-hybridized carbons (Fsp3) is 0.273. The third-order valence-corrected chi connectivity index (χ3v) is 5.43. The zero-order valence-electron chi connectivity index (χ0n) is 15.9. The first kappa shape index (κ1) is 19.5. The number of carbonyl (C=O) groups excluding carboxylic acids is 1. The van der Waals surface area contributed by atoms with Crippen LogP contribution in [0.15, 0.2) is 41.2 Å². The van der Waals surface area contributed by atoms with Crippen LogP contribution in [0.2, 0.25) is 5.02 Å². The van der Waals surface area contributed by atoms with Crippen LogP contribution in [0.5, 0.6) is 5.75 Å². The van der Waals surface area contributed by atoms with Gasteiger partial charge in [-0.2, -0.15) is 0 Å². The topological polar surface area (TPSA) is 71.2 Å². The standard InChI is InChI=1S/C22H20ClFN2O3/c1-12(27)18-21(28)19-16(23)9-10-17(29-15-7-2-3-8-15)20(19)26-22(18)25-14-6-4-5-13(24)11-14/h4-6,9-11,15H,2-3,7-8H2,1H3,(H2,25,26,28). The number of nitrogens with one attached hydrogen (secondary N) is 2. The number of H-pyrrole nitrogens is 1. The smallest absolute Gasteiger partial charge is 0.204 e. The molecule has 1 aromatic heterocycles. The average molecular weight is 415 g/mol. The van der Waals surface area contributed by atoms with Crippen LogP contribution in [-0.2, 0) is 0 Å². The maximum absolute atomic E-state index is 13.6. The van der Waals surface area contributed by atoms with Crippen molar-refractivity contribution in [3.8, 4) is 5.75 Å². The van der Waals surface area contributed by atoms with E-state index >= 15 is 0 Å². The molecule has 1 fully saturated rings. The molecule has 4 rings (SSSR count). The highest BCUT2D eigenvalue weighted by molar-refractivity contribution is 6.35. The first-order valence-corrected chi connectivity index (χ1v) is 9.90. The van der Waals surface area contributed by atoms with Gasteiger partial charge >= 0.3 is 0 Å². The lowest BCUT2D eigenvalue weighted by Crippen LogP contribution is -2.19. The van der Waals surface area contributed by atoms with E-state index in [1.165, 1.54) is 25.1 Å². The minimum atomic E-state index is -0.493. The van der Waals surface area contributed by atoms with Crippen molar-refractivity contribution in [2.45, 2.75) is 38.7 Å². The zero-order valence-corrected chi connectivity index (χ0v) is 16.6. The largest absolute Gasteiger partial charge is 0.488 e. The van der Waals surface area contributed by atoms with Crippen molar-refractivity contribution < 1.29 is 13.9 Å². The number of pyridine rings is 1. The molecule has 1 saturated carbocycles. The number of hydrogen-bond acceptors (Lipinski definition) is 4. The lowest BCUT2D eigenvalue weighted by molar-refractivity contribution is 0.101. The fourth-order valence-electron chi connectivity index (χ4n) is 3.75. The first-order chi connectivity index (χ1) is 13.9. The van der Waals surface area contributed by atoms with Crippen LogP contribution >= 0.6 is 11.6 Å². The van der Waals surface area contributed by atoms with E-state index in [0.29, 0.717) is 17.0 Å².